The number of ether oxygens (including phenoxy) is 1. The highest BCUT2D eigenvalue weighted by molar-refractivity contribution is 5.69. The van der Waals surface area contributed by atoms with E-state index in [2.05, 4.69) is 17.8 Å². The molecule has 0 atom stereocenters. The van der Waals surface area contributed by atoms with E-state index in [-0.39, 0.29) is 12.0 Å². The smallest absolute Gasteiger partial charge is 0.410 e. The molecule has 0 radical (unpaired) electrons. The first-order valence-electron chi connectivity index (χ1n) is 4.86. The largest absolute Gasteiger partial charge is 0.444 e. The number of likely N-dealkylation sites (tertiary alicyclic amines) is 1. The molecule has 1 saturated heterocycles. The summed E-state index contributed by atoms with van der Waals surface area (Å²) in [4.78, 5) is 13.1. The van der Waals surface area contributed by atoms with Gasteiger partial charge < -0.3 is 9.64 Å². The third-order valence-electron chi connectivity index (χ3n) is 1.88. The van der Waals surface area contributed by atoms with Crippen LogP contribution in [-0.4, -0.2) is 29.7 Å². The third-order valence-corrected chi connectivity index (χ3v) is 1.88. The molecule has 0 saturated carbocycles. The third kappa shape index (κ3) is 3.56. The van der Waals surface area contributed by atoms with Gasteiger partial charge in [-0.3, -0.25) is 0 Å². The minimum atomic E-state index is -0.438. The van der Waals surface area contributed by atoms with Crippen LogP contribution in [-0.2, 0) is 4.74 Å². The summed E-state index contributed by atoms with van der Waals surface area (Å²) in [7, 11) is 0. The summed E-state index contributed by atoms with van der Waals surface area (Å²) < 4.78 is 5.19. The van der Waals surface area contributed by atoms with Crippen molar-refractivity contribution in [2.45, 2.75) is 26.4 Å². The van der Waals surface area contributed by atoms with Crippen LogP contribution in [0, 0.1) is 30.1 Å². The molecule has 0 aliphatic carbocycles. The average molecular weight is 205 g/mol. The Kier molecular flexibility index (Phi) is 3.27. The lowest BCUT2D eigenvalue weighted by molar-refractivity contribution is 0.00592. The van der Waals surface area contributed by atoms with Gasteiger partial charge in [-0.05, 0) is 32.6 Å². The molecule has 1 heterocycles. The van der Waals surface area contributed by atoms with Gasteiger partial charge in [-0.25, -0.2) is 4.79 Å². The van der Waals surface area contributed by atoms with Crippen LogP contribution in [0.3, 0.4) is 0 Å². The maximum absolute atomic E-state index is 11.5. The van der Waals surface area contributed by atoms with Gasteiger partial charge in [0.1, 0.15) is 5.60 Å². The van der Waals surface area contributed by atoms with Gasteiger partial charge in [0.25, 0.3) is 0 Å². The van der Waals surface area contributed by atoms with E-state index in [4.69, 9.17) is 11.2 Å². The van der Waals surface area contributed by atoms with Crippen LogP contribution in [0.15, 0.2) is 0 Å². The van der Waals surface area contributed by atoms with E-state index in [1.54, 1.807) is 4.90 Å². The Morgan fingerprint density at radius 1 is 1.47 bits per heavy atom. The van der Waals surface area contributed by atoms with Crippen LogP contribution in [0.4, 0.5) is 4.79 Å². The molecule has 3 heteroatoms. The van der Waals surface area contributed by atoms with Crippen molar-refractivity contribution >= 4 is 6.09 Å². The molecule has 0 N–H and O–H groups in total. The molecule has 1 amide bonds. The topological polar surface area (TPSA) is 29.5 Å². The van der Waals surface area contributed by atoms with Crippen molar-refractivity contribution in [1.29, 1.82) is 0 Å². The SMILES string of the molecule is C#CC#CC1CN(C(=O)OC(C)(C)C)C1. The second kappa shape index (κ2) is 4.28. The molecule has 0 spiro atoms. The fourth-order valence-electron chi connectivity index (χ4n) is 1.19. The van der Waals surface area contributed by atoms with Gasteiger partial charge in [0.15, 0.2) is 0 Å². The molecular formula is C12H15NO2. The molecule has 1 fully saturated rings. The van der Waals surface area contributed by atoms with Gasteiger partial charge in [0.05, 0.1) is 5.92 Å². The molecule has 80 valence electrons. The highest BCUT2D eigenvalue weighted by atomic mass is 16.6. The van der Waals surface area contributed by atoms with E-state index in [0.717, 1.165) is 0 Å². The number of hydrogen-bond donors (Lipinski definition) is 0. The van der Waals surface area contributed by atoms with Crippen LogP contribution in [0.1, 0.15) is 20.8 Å². The summed E-state index contributed by atoms with van der Waals surface area (Å²) in [5.74, 6) is 7.89. The van der Waals surface area contributed by atoms with Crippen molar-refractivity contribution in [3.05, 3.63) is 0 Å². The van der Waals surface area contributed by atoms with Crippen molar-refractivity contribution in [2.24, 2.45) is 5.92 Å². The average Bonchev–Trinajstić information content (AvgIpc) is 1.98. The van der Waals surface area contributed by atoms with Crippen molar-refractivity contribution < 1.29 is 9.53 Å². The molecule has 3 nitrogen and oxygen atoms in total. The van der Waals surface area contributed by atoms with Gasteiger partial charge in [0, 0.05) is 13.1 Å². The van der Waals surface area contributed by atoms with Gasteiger partial charge in [0.2, 0.25) is 0 Å². The Bertz CT molecular complexity index is 343. The molecule has 1 aliphatic rings. The van der Waals surface area contributed by atoms with Crippen LogP contribution in [0.5, 0.6) is 0 Å². The number of hydrogen-bond acceptors (Lipinski definition) is 2. The number of carbonyl (C=O) groups excluding carboxylic acids is 1. The highest BCUT2D eigenvalue weighted by Gasteiger charge is 2.32. The van der Waals surface area contributed by atoms with Gasteiger partial charge >= 0.3 is 6.09 Å². The van der Waals surface area contributed by atoms with Crippen LogP contribution in [0.2, 0.25) is 0 Å². The van der Waals surface area contributed by atoms with Gasteiger partial charge in [-0.15, -0.1) is 6.42 Å². The summed E-state index contributed by atoms with van der Waals surface area (Å²) in [6.07, 6.45) is 4.73. The number of amides is 1. The van der Waals surface area contributed by atoms with E-state index >= 15 is 0 Å². The summed E-state index contributed by atoms with van der Waals surface area (Å²) in [6, 6.07) is 0. The minimum absolute atomic E-state index is 0.202. The summed E-state index contributed by atoms with van der Waals surface area (Å²) in [5, 5.41) is 0. The first-order valence-corrected chi connectivity index (χ1v) is 4.86. The van der Waals surface area contributed by atoms with Crippen molar-refractivity contribution in [3.8, 4) is 24.2 Å². The van der Waals surface area contributed by atoms with Crippen LogP contribution < -0.4 is 0 Å². The van der Waals surface area contributed by atoms with Gasteiger partial charge in [-0.2, -0.15) is 0 Å². The number of terminal acetylenes is 1. The Hall–Kier alpha value is -1.61. The van der Waals surface area contributed by atoms with Gasteiger partial charge in [-0.1, -0.05) is 5.92 Å². The number of carbonyl (C=O) groups is 1. The van der Waals surface area contributed by atoms with E-state index in [1.165, 1.54) is 0 Å². The zero-order valence-electron chi connectivity index (χ0n) is 9.33. The van der Waals surface area contributed by atoms with Crippen LogP contribution in [0.25, 0.3) is 0 Å². The molecular weight excluding hydrogens is 190 g/mol. The second-order valence-corrected chi connectivity index (χ2v) is 4.50. The fourth-order valence-corrected chi connectivity index (χ4v) is 1.19. The van der Waals surface area contributed by atoms with Crippen molar-refractivity contribution in [3.63, 3.8) is 0 Å². The fraction of sp³-hybridized carbons (Fsp3) is 0.583. The quantitative estimate of drug-likeness (QED) is 0.561. The molecule has 0 bridgehead atoms. The zero-order valence-corrected chi connectivity index (χ0v) is 9.33. The minimum Gasteiger partial charge on any atom is -0.444 e. The summed E-state index contributed by atoms with van der Waals surface area (Å²) >= 11 is 0. The molecule has 15 heavy (non-hydrogen) atoms. The standard InChI is InChI=1S/C12H15NO2/c1-5-6-7-10-8-13(9-10)11(14)15-12(2,3)4/h1,10H,8-9H2,2-4H3. The lowest BCUT2D eigenvalue weighted by Crippen LogP contribution is -2.51. The Labute approximate surface area is 90.8 Å². The predicted octanol–water partition coefficient (Wildman–Crippen LogP) is 1.49. The molecule has 0 aromatic carbocycles. The van der Waals surface area contributed by atoms with E-state index < -0.39 is 5.60 Å². The lowest BCUT2D eigenvalue weighted by atomic mass is 10.0. The van der Waals surface area contributed by atoms with Crippen molar-refractivity contribution in [1.82, 2.24) is 4.90 Å². The maximum atomic E-state index is 11.5. The van der Waals surface area contributed by atoms with E-state index in [1.807, 2.05) is 20.8 Å². The van der Waals surface area contributed by atoms with E-state index in [0.29, 0.717) is 13.1 Å². The highest BCUT2D eigenvalue weighted by Crippen LogP contribution is 2.18. The molecule has 0 aromatic rings. The number of rotatable bonds is 0. The van der Waals surface area contributed by atoms with E-state index in [9.17, 15) is 4.79 Å². The first-order chi connectivity index (χ1) is 6.92. The van der Waals surface area contributed by atoms with Crippen molar-refractivity contribution in [2.75, 3.05) is 13.1 Å². The lowest BCUT2D eigenvalue weighted by Gasteiger charge is -2.37. The second-order valence-electron chi connectivity index (χ2n) is 4.50. The molecule has 1 rings (SSSR count). The maximum Gasteiger partial charge on any atom is 0.410 e. The monoisotopic (exact) mass is 205 g/mol. The Morgan fingerprint density at radius 2 is 2.07 bits per heavy atom. The zero-order chi connectivity index (χ0) is 11.5. The molecule has 1 aliphatic heterocycles. The number of nitrogens with zero attached hydrogens (tertiary/aromatic N) is 1. The first kappa shape index (κ1) is 11.5. The normalized spacial score (nSPS) is 15.7. The summed E-state index contributed by atoms with van der Waals surface area (Å²) in [6.45, 7) is 6.77. The predicted molar refractivity (Wildman–Crippen MR) is 57.9 cm³/mol. The van der Waals surface area contributed by atoms with Crippen LogP contribution >= 0.6 is 0 Å². The Morgan fingerprint density at radius 3 is 2.53 bits per heavy atom. The Balaban J connectivity index is 2.34. The summed E-state index contributed by atoms with van der Waals surface area (Å²) in [5.41, 5.74) is -0.438. The molecule has 0 unspecified atom stereocenters. The molecule has 0 aromatic heterocycles.